The van der Waals surface area contributed by atoms with Crippen LogP contribution in [0.25, 0.3) is 0 Å². The van der Waals surface area contributed by atoms with Gasteiger partial charge in [0.2, 0.25) is 0 Å². The predicted octanol–water partition coefficient (Wildman–Crippen LogP) is 2.87. The third kappa shape index (κ3) is 4.06. The molecule has 1 saturated carbocycles. The van der Waals surface area contributed by atoms with Crippen molar-refractivity contribution in [3.05, 3.63) is 0 Å². The molecule has 1 aliphatic rings. The van der Waals surface area contributed by atoms with Gasteiger partial charge in [-0.3, -0.25) is 0 Å². The Hall–Kier alpha value is -0.0800. The van der Waals surface area contributed by atoms with E-state index < -0.39 is 0 Å². The van der Waals surface area contributed by atoms with Gasteiger partial charge >= 0.3 is 0 Å². The smallest absolute Gasteiger partial charge is 0.00952 e. The maximum atomic E-state index is 5.88. The van der Waals surface area contributed by atoms with Gasteiger partial charge in [-0.1, -0.05) is 40.0 Å². The summed E-state index contributed by atoms with van der Waals surface area (Å²) in [5.41, 5.74) is 5.88. The van der Waals surface area contributed by atoms with Crippen LogP contribution in [0.2, 0.25) is 0 Å². The lowest BCUT2D eigenvalue weighted by Crippen LogP contribution is -2.42. The average molecular weight is 226 g/mol. The van der Waals surface area contributed by atoms with Crippen molar-refractivity contribution in [2.75, 3.05) is 19.6 Å². The number of nitrogens with two attached hydrogens (primary N) is 1. The normalized spacial score (nSPS) is 20.6. The van der Waals surface area contributed by atoms with Gasteiger partial charge < -0.3 is 10.6 Å². The van der Waals surface area contributed by atoms with Crippen LogP contribution in [0.3, 0.4) is 0 Å². The van der Waals surface area contributed by atoms with Crippen LogP contribution in [0.5, 0.6) is 0 Å². The van der Waals surface area contributed by atoms with Crippen molar-refractivity contribution in [2.24, 2.45) is 17.6 Å². The second-order valence-corrected chi connectivity index (χ2v) is 5.62. The molecule has 1 rings (SSSR count). The van der Waals surface area contributed by atoms with Crippen molar-refractivity contribution < 1.29 is 0 Å². The summed E-state index contributed by atoms with van der Waals surface area (Å²) in [5.74, 6) is 1.38. The van der Waals surface area contributed by atoms with Gasteiger partial charge in [-0.2, -0.15) is 0 Å². The van der Waals surface area contributed by atoms with Gasteiger partial charge in [0.1, 0.15) is 0 Å². The summed E-state index contributed by atoms with van der Waals surface area (Å²) < 4.78 is 0. The molecule has 0 aromatic heterocycles. The molecule has 0 aromatic carbocycles. The van der Waals surface area contributed by atoms with Crippen molar-refractivity contribution >= 4 is 0 Å². The minimum Gasteiger partial charge on any atom is -0.330 e. The first-order valence-corrected chi connectivity index (χ1v) is 7.13. The van der Waals surface area contributed by atoms with E-state index in [1.165, 1.54) is 45.2 Å². The van der Waals surface area contributed by atoms with Crippen molar-refractivity contribution in [2.45, 2.75) is 58.9 Å². The van der Waals surface area contributed by atoms with Gasteiger partial charge in [0, 0.05) is 12.6 Å². The standard InChI is InChI=1S/C14H30N2/c1-4-16(11-13(10-15)12(2)3)14-8-6-5-7-9-14/h12-14H,4-11,15H2,1-3H3. The molecule has 0 heterocycles. The molecule has 0 bridgehead atoms. The summed E-state index contributed by atoms with van der Waals surface area (Å²) in [5, 5.41) is 0. The van der Waals surface area contributed by atoms with E-state index >= 15 is 0 Å². The predicted molar refractivity (Wildman–Crippen MR) is 71.5 cm³/mol. The molecule has 2 heteroatoms. The van der Waals surface area contributed by atoms with E-state index in [1.54, 1.807) is 0 Å². The number of rotatable bonds is 6. The van der Waals surface area contributed by atoms with Crippen LogP contribution in [0.15, 0.2) is 0 Å². The average Bonchev–Trinajstić information content (AvgIpc) is 2.31. The molecule has 0 amide bonds. The SMILES string of the molecule is CCN(CC(CN)C(C)C)C1CCCCC1. The third-order valence-corrected chi connectivity index (χ3v) is 4.21. The number of hydrogen-bond donors (Lipinski definition) is 1. The molecule has 0 saturated heterocycles. The zero-order valence-electron chi connectivity index (χ0n) is 11.4. The fourth-order valence-electron chi connectivity index (χ4n) is 2.84. The Bertz CT molecular complexity index is 174. The van der Waals surface area contributed by atoms with E-state index in [9.17, 15) is 0 Å². The zero-order valence-corrected chi connectivity index (χ0v) is 11.4. The van der Waals surface area contributed by atoms with Gasteiger partial charge in [0.15, 0.2) is 0 Å². The van der Waals surface area contributed by atoms with Crippen LogP contribution in [0.4, 0.5) is 0 Å². The maximum absolute atomic E-state index is 5.88. The van der Waals surface area contributed by atoms with E-state index in [-0.39, 0.29) is 0 Å². The minimum absolute atomic E-state index is 0.668. The third-order valence-electron chi connectivity index (χ3n) is 4.21. The lowest BCUT2D eigenvalue weighted by molar-refractivity contribution is 0.128. The summed E-state index contributed by atoms with van der Waals surface area (Å²) in [6.45, 7) is 10.1. The maximum Gasteiger partial charge on any atom is 0.00952 e. The van der Waals surface area contributed by atoms with E-state index in [1.807, 2.05) is 0 Å². The molecule has 1 fully saturated rings. The Morgan fingerprint density at radius 3 is 2.25 bits per heavy atom. The van der Waals surface area contributed by atoms with Crippen LogP contribution in [0.1, 0.15) is 52.9 Å². The Kier molecular flexibility index (Phi) is 6.37. The van der Waals surface area contributed by atoms with E-state index in [2.05, 4.69) is 25.7 Å². The quantitative estimate of drug-likeness (QED) is 0.754. The molecule has 2 nitrogen and oxygen atoms in total. The van der Waals surface area contributed by atoms with Crippen molar-refractivity contribution in [1.82, 2.24) is 4.90 Å². The molecular weight excluding hydrogens is 196 g/mol. The van der Waals surface area contributed by atoms with Crippen LogP contribution in [-0.2, 0) is 0 Å². The summed E-state index contributed by atoms with van der Waals surface area (Å²) in [6, 6.07) is 0.839. The monoisotopic (exact) mass is 226 g/mol. The summed E-state index contributed by atoms with van der Waals surface area (Å²) >= 11 is 0. The van der Waals surface area contributed by atoms with Crippen LogP contribution < -0.4 is 5.73 Å². The molecule has 1 unspecified atom stereocenters. The van der Waals surface area contributed by atoms with Crippen LogP contribution in [0, 0.1) is 11.8 Å². The fourth-order valence-corrected chi connectivity index (χ4v) is 2.84. The van der Waals surface area contributed by atoms with Gasteiger partial charge in [-0.25, -0.2) is 0 Å². The van der Waals surface area contributed by atoms with E-state index in [0.29, 0.717) is 11.8 Å². The van der Waals surface area contributed by atoms with Crippen molar-refractivity contribution in [3.63, 3.8) is 0 Å². The summed E-state index contributed by atoms with van der Waals surface area (Å²) in [7, 11) is 0. The number of hydrogen-bond acceptors (Lipinski definition) is 2. The second kappa shape index (κ2) is 7.29. The highest BCUT2D eigenvalue weighted by molar-refractivity contribution is 4.78. The molecule has 0 spiro atoms. The lowest BCUT2D eigenvalue weighted by Gasteiger charge is -2.36. The highest BCUT2D eigenvalue weighted by atomic mass is 15.2. The lowest BCUT2D eigenvalue weighted by atomic mass is 9.91. The molecule has 1 atom stereocenters. The van der Waals surface area contributed by atoms with Gasteiger partial charge in [0.05, 0.1) is 0 Å². The molecule has 2 N–H and O–H groups in total. The highest BCUT2D eigenvalue weighted by Crippen LogP contribution is 2.24. The van der Waals surface area contributed by atoms with Crippen LogP contribution in [-0.4, -0.2) is 30.6 Å². The van der Waals surface area contributed by atoms with Gasteiger partial charge in [-0.05, 0) is 37.8 Å². The molecule has 0 aromatic rings. The number of nitrogens with zero attached hydrogens (tertiary/aromatic N) is 1. The fraction of sp³-hybridized carbons (Fsp3) is 1.00. The zero-order chi connectivity index (χ0) is 12.0. The Balaban J connectivity index is 2.45. The highest BCUT2D eigenvalue weighted by Gasteiger charge is 2.23. The molecule has 0 radical (unpaired) electrons. The summed E-state index contributed by atoms with van der Waals surface area (Å²) in [4.78, 5) is 2.68. The topological polar surface area (TPSA) is 29.3 Å². The van der Waals surface area contributed by atoms with Crippen LogP contribution >= 0.6 is 0 Å². The largest absolute Gasteiger partial charge is 0.330 e. The molecule has 16 heavy (non-hydrogen) atoms. The van der Waals surface area contributed by atoms with E-state index in [0.717, 1.165) is 12.6 Å². The Labute approximate surface area is 102 Å². The Morgan fingerprint density at radius 2 is 1.81 bits per heavy atom. The van der Waals surface area contributed by atoms with Gasteiger partial charge in [-0.15, -0.1) is 0 Å². The van der Waals surface area contributed by atoms with Gasteiger partial charge in [0.25, 0.3) is 0 Å². The first kappa shape index (κ1) is 14.0. The second-order valence-electron chi connectivity index (χ2n) is 5.62. The van der Waals surface area contributed by atoms with Crippen molar-refractivity contribution in [1.29, 1.82) is 0 Å². The molecule has 0 aliphatic heterocycles. The summed E-state index contributed by atoms with van der Waals surface area (Å²) in [6.07, 6.45) is 7.11. The Morgan fingerprint density at radius 1 is 1.19 bits per heavy atom. The van der Waals surface area contributed by atoms with Crippen molar-refractivity contribution in [3.8, 4) is 0 Å². The first-order valence-electron chi connectivity index (χ1n) is 7.13. The first-order chi connectivity index (χ1) is 7.69. The molecule has 96 valence electrons. The minimum atomic E-state index is 0.668. The molecule has 1 aliphatic carbocycles. The van der Waals surface area contributed by atoms with E-state index in [4.69, 9.17) is 5.73 Å². The molecular formula is C14H30N2.